The molecular weight excluding hydrogens is 427 g/mol. The number of nitrogens with one attached hydrogen (secondary N) is 1. The van der Waals surface area contributed by atoms with Gasteiger partial charge in [0.2, 0.25) is 0 Å². The molecule has 0 saturated heterocycles. The van der Waals surface area contributed by atoms with Crippen LogP contribution >= 0.6 is 23.2 Å². The number of nitriles is 1. The van der Waals surface area contributed by atoms with E-state index < -0.39 is 0 Å². The minimum Gasteiger partial charge on any atom is -0.340 e. The average molecular weight is 447 g/mol. The first-order valence-electron chi connectivity index (χ1n) is 9.84. The van der Waals surface area contributed by atoms with Crippen LogP contribution in [-0.2, 0) is 13.1 Å². The lowest BCUT2D eigenvalue weighted by molar-refractivity contribution is 0.748. The van der Waals surface area contributed by atoms with Gasteiger partial charge >= 0.3 is 0 Å². The summed E-state index contributed by atoms with van der Waals surface area (Å²) in [6, 6.07) is 23.6. The molecule has 1 aromatic heterocycles. The van der Waals surface area contributed by atoms with Crippen molar-refractivity contribution in [1.29, 1.82) is 5.26 Å². The molecule has 0 radical (unpaired) electrons. The zero-order valence-corrected chi connectivity index (χ0v) is 18.5. The fourth-order valence-corrected chi connectivity index (χ4v) is 4.21. The molecule has 4 rings (SSSR count). The summed E-state index contributed by atoms with van der Waals surface area (Å²) < 4.78 is 2.25. The SMILES string of the molecule is Cc1c(/C=N\NCc2c(Cl)cccc2Cl)c2ccccc2n1Cc1cccc(C#N)c1. The lowest BCUT2D eigenvalue weighted by Gasteiger charge is -2.09. The van der Waals surface area contributed by atoms with Gasteiger partial charge in [-0.2, -0.15) is 10.4 Å². The topological polar surface area (TPSA) is 53.1 Å². The van der Waals surface area contributed by atoms with Gasteiger partial charge < -0.3 is 9.99 Å². The number of para-hydroxylation sites is 1. The van der Waals surface area contributed by atoms with Gasteiger partial charge in [-0.1, -0.05) is 59.6 Å². The number of aromatic nitrogens is 1. The molecule has 0 aliphatic rings. The predicted molar refractivity (Wildman–Crippen MR) is 128 cm³/mol. The predicted octanol–water partition coefficient (Wildman–Crippen LogP) is 6.30. The van der Waals surface area contributed by atoms with Crippen molar-refractivity contribution in [3.05, 3.63) is 105 Å². The second-order valence-electron chi connectivity index (χ2n) is 7.21. The van der Waals surface area contributed by atoms with Crippen LogP contribution in [-0.4, -0.2) is 10.8 Å². The molecule has 1 N–H and O–H groups in total. The third-order valence-electron chi connectivity index (χ3n) is 5.28. The summed E-state index contributed by atoms with van der Waals surface area (Å²) in [5.74, 6) is 0. The molecule has 0 aliphatic carbocycles. The minimum absolute atomic E-state index is 0.438. The molecule has 0 atom stereocenters. The molecule has 1 heterocycles. The minimum atomic E-state index is 0.438. The van der Waals surface area contributed by atoms with Gasteiger partial charge in [0.05, 0.1) is 24.4 Å². The first-order valence-corrected chi connectivity index (χ1v) is 10.6. The normalized spacial score (nSPS) is 11.2. The highest BCUT2D eigenvalue weighted by Crippen LogP contribution is 2.26. The van der Waals surface area contributed by atoms with Crippen molar-refractivity contribution in [1.82, 2.24) is 9.99 Å². The van der Waals surface area contributed by atoms with E-state index in [1.54, 1.807) is 0 Å². The van der Waals surface area contributed by atoms with Crippen LogP contribution in [0.25, 0.3) is 10.9 Å². The molecule has 0 unspecified atom stereocenters. The quantitative estimate of drug-likeness (QED) is 0.279. The fourth-order valence-electron chi connectivity index (χ4n) is 3.68. The van der Waals surface area contributed by atoms with Crippen LogP contribution in [0.1, 0.15) is 27.9 Å². The molecule has 4 nitrogen and oxygen atoms in total. The van der Waals surface area contributed by atoms with Crippen LogP contribution in [0.5, 0.6) is 0 Å². The van der Waals surface area contributed by atoms with E-state index in [9.17, 15) is 5.26 Å². The van der Waals surface area contributed by atoms with Crippen LogP contribution in [0.2, 0.25) is 10.0 Å². The van der Waals surface area contributed by atoms with Gasteiger partial charge in [0, 0.05) is 44.3 Å². The van der Waals surface area contributed by atoms with E-state index in [0.717, 1.165) is 33.3 Å². The summed E-state index contributed by atoms with van der Waals surface area (Å²) in [6.07, 6.45) is 1.84. The Labute approximate surface area is 191 Å². The fraction of sp³-hybridized carbons (Fsp3) is 0.120. The van der Waals surface area contributed by atoms with Crippen molar-refractivity contribution >= 4 is 40.3 Å². The van der Waals surface area contributed by atoms with Crippen molar-refractivity contribution < 1.29 is 0 Å². The molecule has 154 valence electrons. The summed E-state index contributed by atoms with van der Waals surface area (Å²) >= 11 is 12.5. The number of rotatable bonds is 6. The Morgan fingerprint density at radius 3 is 2.55 bits per heavy atom. The second-order valence-corrected chi connectivity index (χ2v) is 8.02. The third-order valence-corrected chi connectivity index (χ3v) is 5.99. The largest absolute Gasteiger partial charge is 0.340 e. The van der Waals surface area contributed by atoms with Gasteiger partial charge in [0.1, 0.15) is 0 Å². The molecule has 0 spiro atoms. The summed E-state index contributed by atoms with van der Waals surface area (Å²) in [5.41, 5.74) is 8.89. The van der Waals surface area contributed by atoms with Crippen LogP contribution in [0.15, 0.2) is 71.8 Å². The van der Waals surface area contributed by atoms with E-state index in [4.69, 9.17) is 23.2 Å². The summed E-state index contributed by atoms with van der Waals surface area (Å²) in [5, 5.41) is 16.0. The number of hydrogen-bond acceptors (Lipinski definition) is 3. The van der Waals surface area contributed by atoms with Crippen LogP contribution in [0.4, 0.5) is 0 Å². The van der Waals surface area contributed by atoms with Gasteiger partial charge in [0.25, 0.3) is 0 Å². The van der Waals surface area contributed by atoms with Crippen LogP contribution < -0.4 is 5.43 Å². The Kier molecular flexibility index (Phi) is 6.27. The van der Waals surface area contributed by atoms with E-state index in [2.05, 4.69) is 40.2 Å². The zero-order valence-electron chi connectivity index (χ0n) is 16.9. The van der Waals surface area contributed by atoms with Crippen LogP contribution in [0, 0.1) is 18.3 Å². The lowest BCUT2D eigenvalue weighted by atomic mass is 10.1. The number of nitrogens with zero attached hydrogens (tertiary/aromatic N) is 3. The van der Waals surface area contributed by atoms with E-state index >= 15 is 0 Å². The Morgan fingerprint density at radius 1 is 1.03 bits per heavy atom. The number of halogens is 2. The molecule has 0 fully saturated rings. The standard InChI is InChI=1S/C25H20Cl2N4/c1-17-21(14-29-30-15-22-23(26)9-5-10-24(22)27)20-8-2-3-11-25(20)31(17)16-19-7-4-6-18(12-19)13-28/h2-12,14,30H,15-16H2,1H3/b29-14-. The number of hydrogen-bond donors (Lipinski definition) is 1. The average Bonchev–Trinajstić information content (AvgIpc) is 3.04. The summed E-state index contributed by atoms with van der Waals surface area (Å²) in [7, 11) is 0. The highest BCUT2D eigenvalue weighted by Gasteiger charge is 2.13. The van der Waals surface area contributed by atoms with Gasteiger partial charge in [-0.15, -0.1) is 0 Å². The molecule has 0 bridgehead atoms. The van der Waals surface area contributed by atoms with Gasteiger partial charge in [-0.3, -0.25) is 0 Å². The summed E-state index contributed by atoms with van der Waals surface area (Å²) in [4.78, 5) is 0. The Bertz CT molecular complexity index is 1290. The number of fused-ring (bicyclic) bond motifs is 1. The third kappa shape index (κ3) is 4.44. The Balaban J connectivity index is 1.62. The van der Waals surface area contributed by atoms with E-state index in [1.165, 1.54) is 0 Å². The monoisotopic (exact) mass is 446 g/mol. The van der Waals surface area contributed by atoms with Crippen molar-refractivity contribution in [2.24, 2.45) is 5.10 Å². The van der Waals surface area contributed by atoms with Crippen molar-refractivity contribution in [2.45, 2.75) is 20.0 Å². The van der Waals surface area contributed by atoms with Gasteiger partial charge in [0.15, 0.2) is 0 Å². The molecule has 4 aromatic rings. The zero-order chi connectivity index (χ0) is 21.8. The molecule has 0 aliphatic heterocycles. The molecule has 31 heavy (non-hydrogen) atoms. The molecule has 0 saturated carbocycles. The lowest BCUT2D eigenvalue weighted by Crippen LogP contribution is -2.07. The Hall–Kier alpha value is -3.26. The Morgan fingerprint density at radius 2 is 1.77 bits per heavy atom. The maximum atomic E-state index is 9.20. The number of hydrazone groups is 1. The highest BCUT2D eigenvalue weighted by atomic mass is 35.5. The smallest absolute Gasteiger partial charge is 0.0991 e. The molecular formula is C25H20Cl2N4. The number of benzene rings is 3. The maximum absolute atomic E-state index is 9.20. The highest BCUT2D eigenvalue weighted by molar-refractivity contribution is 6.35. The van der Waals surface area contributed by atoms with E-state index in [0.29, 0.717) is 28.7 Å². The first-order chi connectivity index (χ1) is 15.1. The van der Waals surface area contributed by atoms with Crippen molar-refractivity contribution in [3.63, 3.8) is 0 Å². The first kappa shape index (κ1) is 21.0. The second kappa shape index (κ2) is 9.26. The van der Waals surface area contributed by atoms with Gasteiger partial charge in [-0.05, 0) is 42.8 Å². The molecule has 6 heteroatoms. The van der Waals surface area contributed by atoms with Crippen LogP contribution in [0.3, 0.4) is 0 Å². The molecule has 3 aromatic carbocycles. The van der Waals surface area contributed by atoms with Crippen molar-refractivity contribution in [3.8, 4) is 6.07 Å². The van der Waals surface area contributed by atoms with Gasteiger partial charge in [-0.25, -0.2) is 0 Å². The van der Waals surface area contributed by atoms with E-state index in [1.807, 2.05) is 60.8 Å². The maximum Gasteiger partial charge on any atom is 0.0991 e. The summed E-state index contributed by atoms with van der Waals surface area (Å²) in [6.45, 7) is 3.20. The van der Waals surface area contributed by atoms with E-state index in [-0.39, 0.29) is 0 Å². The molecule has 0 amide bonds. The van der Waals surface area contributed by atoms with Crippen molar-refractivity contribution in [2.75, 3.05) is 0 Å².